The standard InChI is InChI=1S/C21H26O2.C2H6/c1-6-8-21(18-13-19(22)16(4)12-15(18)3)23-20-10-7-9-14(2)11-17(20)5;1-2/h6-10,12-14,17,22H,1,11H2,2-5H3;1-2H3/b21-8+;. The van der Waals surface area contributed by atoms with Crippen LogP contribution in [0, 0.1) is 25.7 Å². The molecule has 0 spiro atoms. The van der Waals surface area contributed by atoms with Crippen molar-refractivity contribution in [2.24, 2.45) is 11.8 Å². The van der Waals surface area contributed by atoms with Crippen molar-refractivity contribution in [3.8, 4) is 5.75 Å². The zero-order valence-corrected chi connectivity index (χ0v) is 16.5. The number of ether oxygens (including phenoxy) is 1. The van der Waals surface area contributed by atoms with Crippen LogP contribution in [0.3, 0.4) is 0 Å². The average Bonchev–Trinajstić information content (AvgIpc) is 2.73. The van der Waals surface area contributed by atoms with Gasteiger partial charge in [0, 0.05) is 11.5 Å². The van der Waals surface area contributed by atoms with Crippen molar-refractivity contribution in [3.05, 3.63) is 71.5 Å². The highest BCUT2D eigenvalue weighted by Gasteiger charge is 2.18. The predicted molar refractivity (Wildman–Crippen MR) is 108 cm³/mol. The topological polar surface area (TPSA) is 29.5 Å². The van der Waals surface area contributed by atoms with Crippen molar-refractivity contribution in [2.75, 3.05) is 0 Å². The minimum absolute atomic E-state index is 0.278. The fourth-order valence-corrected chi connectivity index (χ4v) is 2.91. The molecule has 1 aliphatic rings. The summed E-state index contributed by atoms with van der Waals surface area (Å²) < 4.78 is 6.22. The molecule has 0 bridgehead atoms. The van der Waals surface area contributed by atoms with E-state index in [2.05, 4.69) is 32.6 Å². The third kappa shape index (κ3) is 5.67. The number of phenols is 1. The first-order valence-corrected chi connectivity index (χ1v) is 9.12. The molecule has 0 saturated heterocycles. The lowest BCUT2D eigenvalue weighted by atomic mass is 9.97. The lowest BCUT2D eigenvalue weighted by Crippen LogP contribution is -2.06. The molecule has 0 saturated carbocycles. The SMILES string of the molecule is C=C/C=C(/OC1=CC=CC(C)CC1C)c1cc(O)c(C)cc1C.CC. The maximum Gasteiger partial charge on any atom is 0.134 e. The molecule has 2 nitrogen and oxygen atoms in total. The molecule has 0 fully saturated rings. The molecule has 1 aliphatic carbocycles. The second-order valence-electron chi connectivity index (χ2n) is 6.39. The van der Waals surface area contributed by atoms with Gasteiger partial charge in [0.2, 0.25) is 0 Å². The first kappa shape index (κ1) is 20.8. The fourth-order valence-electron chi connectivity index (χ4n) is 2.91. The number of aromatic hydroxyl groups is 1. The molecule has 2 unspecified atom stereocenters. The molecule has 1 aromatic rings. The van der Waals surface area contributed by atoms with E-state index in [1.165, 1.54) is 0 Å². The molecule has 0 aromatic heterocycles. The van der Waals surface area contributed by atoms with Gasteiger partial charge in [-0.25, -0.2) is 0 Å². The molecule has 0 amide bonds. The zero-order valence-electron chi connectivity index (χ0n) is 16.5. The summed E-state index contributed by atoms with van der Waals surface area (Å²) in [5, 5.41) is 10.0. The van der Waals surface area contributed by atoms with Crippen LogP contribution in [0.25, 0.3) is 5.76 Å². The van der Waals surface area contributed by atoms with Crippen LogP contribution in [0.15, 0.2) is 54.9 Å². The molecule has 0 heterocycles. The Balaban J connectivity index is 0.00000151. The van der Waals surface area contributed by atoms with E-state index in [1.54, 1.807) is 12.1 Å². The molecular weight excluding hydrogens is 308 g/mol. The van der Waals surface area contributed by atoms with Crippen molar-refractivity contribution in [1.82, 2.24) is 0 Å². The molecule has 2 heteroatoms. The molecule has 0 radical (unpaired) electrons. The fraction of sp³-hybridized carbons (Fsp3) is 0.391. The van der Waals surface area contributed by atoms with Crippen LogP contribution in [0.2, 0.25) is 0 Å². The summed E-state index contributed by atoms with van der Waals surface area (Å²) in [5.41, 5.74) is 2.82. The molecule has 1 aromatic carbocycles. The van der Waals surface area contributed by atoms with E-state index in [4.69, 9.17) is 4.74 Å². The highest BCUT2D eigenvalue weighted by atomic mass is 16.5. The average molecular weight is 341 g/mol. The van der Waals surface area contributed by atoms with Crippen molar-refractivity contribution >= 4 is 5.76 Å². The van der Waals surface area contributed by atoms with E-state index in [0.717, 1.165) is 28.9 Å². The third-order valence-corrected chi connectivity index (χ3v) is 4.22. The Labute approximate surface area is 153 Å². The van der Waals surface area contributed by atoms with Crippen LogP contribution in [0.5, 0.6) is 5.75 Å². The van der Waals surface area contributed by atoms with E-state index in [9.17, 15) is 5.11 Å². The second-order valence-corrected chi connectivity index (χ2v) is 6.39. The summed E-state index contributed by atoms with van der Waals surface area (Å²) in [7, 11) is 0. The van der Waals surface area contributed by atoms with Gasteiger partial charge in [0.05, 0.1) is 0 Å². The van der Waals surface area contributed by atoms with Gasteiger partial charge in [-0.1, -0.05) is 58.6 Å². The largest absolute Gasteiger partial charge is 0.508 e. The minimum atomic E-state index is 0.278. The van der Waals surface area contributed by atoms with Crippen molar-refractivity contribution in [3.63, 3.8) is 0 Å². The summed E-state index contributed by atoms with van der Waals surface area (Å²) in [6.07, 6.45) is 10.9. The number of benzene rings is 1. The quantitative estimate of drug-likeness (QED) is 0.488. The number of rotatable bonds is 4. The van der Waals surface area contributed by atoms with Gasteiger partial charge in [-0.05, 0) is 55.5 Å². The number of hydrogen-bond acceptors (Lipinski definition) is 2. The van der Waals surface area contributed by atoms with Gasteiger partial charge in [-0.2, -0.15) is 0 Å². The number of aryl methyl sites for hydroxylation is 2. The van der Waals surface area contributed by atoms with E-state index in [1.807, 2.05) is 45.9 Å². The van der Waals surface area contributed by atoms with Gasteiger partial charge in [0.1, 0.15) is 17.3 Å². The second kappa shape index (κ2) is 9.93. The maximum atomic E-state index is 10.0. The highest BCUT2D eigenvalue weighted by molar-refractivity contribution is 5.67. The third-order valence-electron chi connectivity index (χ3n) is 4.22. The summed E-state index contributed by atoms with van der Waals surface area (Å²) >= 11 is 0. The lowest BCUT2D eigenvalue weighted by molar-refractivity contribution is 0.305. The van der Waals surface area contributed by atoms with E-state index < -0.39 is 0 Å². The van der Waals surface area contributed by atoms with Gasteiger partial charge in [-0.3, -0.25) is 0 Å². The van der Waals surface area contributed by atoms with Gasteiger partial charge >= 0.3 is 0 Å². The lowest BCUT2D eigenvalue weighted by Gasteiger charge is -2.20. The summed E-state index contributed by atoms with van der Waals surface area (Å²) in [6.45, 7) is 16.1. The van der Waals surface area contributed by atoms with Crippen LogP contribution >= 0.6 is 0 Å². The van der Waals surface area contributed by atoms with Crippen LogP contribution in [-0.4, -0.2) is 5.11 Å². The monoisotopic (exact) mass is 340 g/mol. The highest BCUT2D eigenvalue weighted by Crippen LogP contribution is 2.32. The predicted octanol–water partition coefficient (Wildman–Crippen LogP) is 6.69. The van der Waals surface area contributed by atoms with E-state index in [-0.39, 0.29) is 5.75 Å². The zero-order chi connectivity index (χ0) is 19.0. The Kier molecular flexibility index (Phi) is 8.27. The molecule has 136 valence electrons. The first-order chi connectivity index (χ1) is 11.9. The molecular formula is C23H32O2. The number of allylic oxidation sites excluding steroid dienone is 6. The smallest absolute Gasteiger partial charge is 0.134 e. The van der Waals surface area contributed by atoms with Gasteiger partial charge in [0.25, 0.3) is 0 Å². The Morgan fingerprint density at radius 3 is 2.52 bits per heavy atom. The molecule has 2 atom stereocenters. The van der Waals surface area contributed by atoms with Crippen molar-refractivity contribution in [1.29, 1.82) is 0 Å². The van der Waals surface area contributed by atoms with Crippen LogP contribution < -0.4 is 0 Å². The Morgan fingerprint density at radius 2 is 1.88 bits per heavy atom. The Bertz CT molecular complexity index is 678. The van der Waals surface area contributed by atoms with Crippen molar-refractivity contribution < 1.29 is 9.84 Å². The number of phenolic OH excluding ortho intramolecular Hbond substituents is 1. The summed E-state index contributed by atoms with van der Waals surface area (Å²) in [5.74, 6) is 2.82. The van der Waals surface area contributed by atoms with Crippen molar-refractivity contribution in [2.45, 2.75) is 48.0 Å². The molecule has 2 rings (SSSR count). The van der Waals surface area contributed by atoms with Gasteiger partial charge < -0.3 is 9.84 Å². The van der Waals surface area contributed by atoms with Crippen LogP contribution in [0.1, 0.15) is 50.8 Å². The molecule has 0 aliphatic heterocycles. The van der Waals surface area contributed by atoms with Gasteiger partial charge in [-0.15, -0.1) is 0 Å². The van der Waals surface area contributed by atoms with Gasteiger partial charge in [0.15, 0.2) is 0 Å². The van der Waals surface area contributed by atoms with E-state index >= 15 is 0 Å². The summed E-state index contributed by atoms with van der Waals surface area (Å²) in [4.78, 5) is 0. The molecule has 25 heavy (non-hydrogen) atoms. The summed E-state index contributed by atoms with van der Waals surface area (Å²) in [6, 6.07) is 3.73. The normalized spacial score (nSPS) is 20.1. The number of hydrogen-bond donors (Lipinski definition) is 1. The first-order valence-electron chi connectivity index (χ1n) is 9.12. The van der Waals surface area contributed by atoms with Crippen LogP contribution in [0.4, 0.5) is 0 Å². The molecule has 1 N–H and O–H groups in total. The minimum Gasteiger partial charge on any atom is -0.508 e. The Hall–Kier alpha value is -2.22. The van der Waals surface area contributed by atoms with Crippen LogP contribution in [-0.2, 0) is 4.74 Å². The maximum absolute atomic E-state index is 10.0. The Morgan fingerprint density at radius 1 is 1.20 bits per heavy atom. The van der Waals surface area contributed by atoms with E-state index in [0.29, 0.717) is 17.6 Å².